The summed E-state index contributed by atoms with van der Waals surface area (Å²) in [6, 6.07) is 4.66. The van der Waals surface area contributed by atoms with E-state index in [2.05, 4.69) is 0 Å². The van der Waals surface area contributed by atoms with E-state index in [1.165, 1.54) is 31.4 Å². The number of aromatic hydroxyl groups is 1. The first kappa shape index (κ1) is 13.1. The van der Waals surface area contributed by atoms with Crippen LogP contribution < -0.4 is 0 Å². The molecule has 0 aromatic heterocycles. The molecule has 3 nitrogen and oxygen atoms in total. The highest BCUT2D eigenvalue weighted by atomic mass is 16.3. The summed E-state index contributed by atoms with van der Waals surface area (Å²) >= 11 is 0. The molecule has 0 bridgehead atoms. The van der Waals surface area contributed by atoms with Crippen LogP contribution in [0.3, 0.4) is 0 Å². The van der Waals surface area contributed by atoms with E-state index in [-0.39, 0.29) is 22.9 Å². The lowest BCUT2D eigenvalue weighted by molar-refractivity contribution is 0.0975. The Morgan fingerprint density at radius 2 is 1.85 bits per heavy atom. The third-order valence-corrected chi connectivity index (χ3v) is 4.37. The van der Waals surface area contributed by atoms with Crippen LogP contribution in [-0.4, -0.2) is 16.7 Å². The standard InChI is InChI=1S/C17H18O3/c18-14-8-4-7-13-15(19)10-12(17(20)16(13)14)9-11-5-2-1-3-6-11/h4,7-8,10-11,18H,1-3,5-6,9H2. The minimum Gasteiger partial charge on any atom is -0.507 e. The predicted octanol–water partition coefficient (Wildman–Crippen LogP) is 3.67. The molecule has 1 aromatic carbocycles. The van der Waals surface area contributed by atoms with Crippen LogP contribution in [0.4, 0.5) is 0 Å². The fourth-order valence-corrected chi connectivity index (χ4v) is 3.30. The minimum atomic E-state index is -0.178. The van der Waals surface area contributed by atoms with Crippen molar-refractivity contribution in [3.8, 4) is 5.75 Å². The van der Waals surface area contributed by atoms with Gasteiger partial charge in [0.15, 0.2) is 11.6 Å². The van der Waals surface area contributed by atoms with Crippen LogP contribution in [-0.2, 0) is 0 Å². The molecule has 0 radical (unpaired) electrons. The molecule has 1 aromatic rings. The van der Waals surface area contributed by atoms with E-state index < -0.39 is 0 Å². The minimum absolute atomic E-state index is 0.0879. The van der Waals surface area contributed by atoms with Crippen molar-refractivity contribution in [3.05, 3.63) is 41.0 Å². The molecule has 3 heteroatoms. The van der Waals surface area contributed by atoms with Crippen LogP contribution in [0.1, 0.15) is 59.2 Å². The van der Waals surface area contributed by atoms with Gasteiger partial charge in [0.2, 0.25) is 0 Å². The largest absolute Gasteiger partial charge is 0.507 e. The molecule has 1 saturated carbocycles. The van der Waals surface area contributed by atoms with Crippen molar-refractivity contribution in [1.82, 2.24) is 0 Å². The Balaban J connectivity index is 1.89. The fourth-order valence-electron chi connectivity index (χ4n) is 3.30. The van der Waals surface area contributed by atoms with Gasteiger partial charge in [-0.3, -0.25) is 9.59 Å². The Morgan fingerprint density at radius 1 is 1.10 bits per heavy atom. The Labute approximate surface area is 118 Å². The summed E-state index contributed by atoms with van der Waals surface area (Å²) in [5, 5.41) is 9.87. The van der Waals surface area contributed by atoms with E-state index in [4.69, 9.17) is 0 Å². The number of phenols is 1. The number of Topliss-reactive ketones (excluding diaryl/α,β-unsaturated/α-hetero) is 1. The molecular weight excluding hydrogens is 252 g/mol. The van der Waals surface area contributed by atoms with Crippen molar-refractivity contribution in [1.29, 1.82) is 0 Å². The van der Waals surface area contributed by atoms with Gasteiger partial charge in [0.1, 0.15) is 5.75 Å². The third kappa shape index (κ3) is 2.28. The summed E-state index contributed by atoms with van der Waals surface area (Å²) in [6.07, 6.45) is 8.09. The first-order valence-corrected chi connectivity index (χ1v) is 7.28. The molecular formula is C17H18O3. The van der Waals surface area contributed by atoms with Gasteiger partial charge in [-0.2, -0.15) is 0 Å². The van der Waals surface area contributed by atoms with Gasteiger partial charge in [-0.15, -0.1) is 0 Å². The molecule has 0 amide bonds. The molecule has 0 saturated heterocycles. The number of hydrogen-bond acceptors (Lipinski definition) is 3. The second-order valence-corrected chi connectivity index (χ2v) is 5.77. The van der Waals surface area contributed by atoms with Crippen molar-refractivity contribution in [2.75, 3.05) is 0 Å². The molecule has 104 valence electrons. The van der Waals surface area contributed by atoms with Crippen molar-refractivity contribution < 1.29 is 14.7 Å². The van der Waals surface area contributed by atoms with Gasteiger partial charge < -0.3 is 5.11 Å². The molecule has 20 heavy (non-hydrogen) atoms. The number of fused-ring (bicyclic) bond motifs is 1. The molecule has 1 N–H and O–H groups in total. The smallest absolute Gasteiger partial charge is 0.193 e. The summed E-state index contributed by atoms with van der Waals surface area (Å²) in [7, 11) is 0. The van der Waals surface area contributed by atoms with Crippen molar-refractivity contribution in [2.24, 2.45) is 5.92 Å². The average molecular weight is 270 g/mol. The van der Waals surface area contributed by atoms with Gasteiger partial charge in [-0.1, -0.05) is 44.2 Å². The second kappa shape index (κ2) is 5.23. The van der Waals surface area contributed by atoms with Gasteiger partial charge in [0.05, 0.1) is 5.56 Å². The molecule has 0 aliphatic heterocycles. The number of benzene rings is 1. The zero-order valence-corrected chi connectivity index (χ0v) is 11.4. The SMILES string of the molecule is O=C1C=C(CC2CCCCC2)C(=O)c2c(O)cccc21. The molecule has 0 heterocycles. The topological polar surface area (TPSA) is 54.4 Å². The van der Waals surface area contributed by atoms with Crippen LogP contribution in [0.25, 0.3) is 0 Å². The first-order valence-electron chi connectivity index (χ1n) is 7.28. The zero-order chi connectivity index (χ0) is 14.1. The molecule has 2 aliphatic carbocycles. The van der Waals surface area contributed by atoms with Gasteiger partial charge in [0.25, 0.3) is 0 Å². The predicted molar refractivity (Wildman–Crippen MR) is 76.0 cm³/mol. The lowest BCUT2D eigenvalue weighted by atomic mass is 9.80. The van der Waals surface area contributed by atoms with E-state index in [1.807, 2.05) is 0 Å². The normalized spacial score (nSPS) is 19.7. The van der Waals surface area contributed by atoms with E-state index in [9.17, 15) is 14.7 Å². The van der Waals surface area contributed by atoms with Crippen LogP contribution in [0, 0.1) is 5.92 Å². The average Bonchev–Trinajstić information content (AvgIpc) is 2.45. The van der Waals surface area contributed by atoms with Gasteiger partial charge in [-0.05, 0) is 24.5 Å². The highest BCUT2D eigenvalue weighted by Gasteiger charge is 2.29. The van der Waals surface area contributed by atoms with Gasteiger partial charge in [-0.25, -0.2) is 0 Å². The molecule has 1 fully saturated rings. The summed E-state index contributed by atoms with van der Waals surface area (Å²) in [4.78, 5) is 24.6. The number of carbonyl (C=O) groups excluding carboxylic acids is 2. The molecule has 0 unspecified atom stereocenters. The molecule has 2 aliphatic rings. The third-order valence-electron chi connectivity index (χ3n) is 4.37. The quantitative estimate of drug-likeness (QED) is 0.892. The van der Waals surface area contributed by atoms with Crippen LogP contribution in [0.2, 0.25) is 0 Å². The molecule has 0 atom stereocenters. The highest BCUT2D eigenvalue weighted by Crippen LogP contribution is 2.34. The second-order valence-electron chi connectivity index (χ2n) is 5.77. The zero-order valence-electron chi connectivity index (χ0n) is 11.4. The molecule has 3 rings (SSSR count). The van der Waals surface area contributed by atoms with Crippen molar-refractivity contribution in [3.63, 3.8) is 0 Å². The first-order chi connectivity index (χ1) is 9.66. The Hall–Kier alpha value is -1.90. The van der Waals surface area contributed by atoms with Crippen molar-refractivity contribution >= 4 is 11.6 Å². The number of carbonyl (C=O) groups is 2. The number of phenolic OH excluding ortho intramolecular Hbond substituents is 1. The lowest BCUT2D eigenvalue weighted by Gasteiger charge is -2.24. The maximum Gasteiger partial charge on any atom is 0.193 e. The van der Waals surface area contributed by atoms with Crippen LogP contribution in [0.15, 0.2) is 29.8 Å². The summed E-state index contributed by atoms with van der Waals surface area (Å²) in [5.74, 6) is 0.0684. The van der Waals surface area contributed by atoms with E-state index in [0.29, 0.717) is 23.5 Å². The van der Waals surface area contributed by atoms with E-state index in [0.717, 1.165) is 12.8 Å². The van der Waals surface area contributed by atoms with Gasteiger partial charge in [0, 0.05) is 11.1 Å². The Kier molecular flexibility index (Phi) is 3.43. The number of hydrogen-bond donors (Lipinski definition) is 1. The summed E-state index contributed by atoms with van der Waals surface area (Å²) in [6.45, 7) is 0. The van der Waals surface area contributed by atoms with Crippen molar-refractivity contribution in [2.45, 2.75) is 38.5 Å². The monoisotopic (exact) mass is 270 g/mol. The van der Waals surface area contributed by atoms with E-state index >= 15 is 0 Å². The number of ketones is 2. The Morgan fingerprint density at radius 3 is 2.60 bits per heavy atom. The van der Waals surface area contributed by atoms with Crippen LogP contribution in [0.5, 0.6) is 5.75 Å². The lowest BCUT2D eigenvalue weighted by Crippen LogP contribution is -2.19. The Bertz CT molecular complexity index is 592. The number of rotatable bonds is 2. The fraction of sp³-hybridized carbons (Fsp3) is 0.412. The van der Waals surface area contributed by atoms with Gasteiger partial charge >= 0.3 is 0 Å². The summed E-state index contributed by atoms with van der Waals surface area (Å²) < 4.78 is 0. The molecule has 0 spiro atoms. The number of allylic oxidation sites excluding steroid dienone is 2. The highest BCUT2D eigenvalue weighted by molar-refractivity contribution is 6.25. The maximum absolute atomic E-state index is 12.5. The summed E-state index contributed by atoms with van der Waals surface area (Å²) in [5.41, 5.74) is 1.07. The maximum atomic E-state index is 12.5. The van der Waals surface area contributed by atoms with E-state index in [1.54, 1.807) is 12.1 Å². The van der Waals surface area contributed by atoms with Crippen LogP contribution >= 0.6 is 0 Å².